The van der Waals surface area contributed by atoms with E-state index in [-0.39, 0.29) is 0 Å². The van der Waals surface area contributed by atoms with Crippen molar-refractivity contribution in [2.24, 2.45) is 5.92 Å². The Balaban J connectivity index is 1.74. The van der Waals surface area contributed by atoms with E-state index in [1.54, 1.807) is 11.8 Å². The number of fused-ring (bicyclic) bond motifs is 3. The van der Waals surface area contributed by atoms with Gasteiger partial charge in [0, 0.05) is 20.1 Å². The quantitative estimate of drug-likeness (QED) is 0.373. The molecule has 2 aliphatic rings. The Hall–Kier alpha value is -0.940. The first-order valence-corrected chi connectivity index (χ1v) is 9.93. The number of hydrogen-bond donors (Lipinski definition) is 1. The second kappa shape index (κ2) is 5.93. The fourth-order valence-electron chi connectivity index (χ4n) is 3.71. The van der Waals surface area contributed by atoms with E-state index in [4.69, 9.17) is 0 Å². The highest BCUT2D eigenvalue weighted by atomic mass is 127. The van der Waals surface area contributed by atoms with Gasteiger partial charge in [0.05, 0.1) is 6.04 Å². The van der Waals surface area contributed by atoms with Crippen molar-refractivity contribution in [3.63, 3.8) is 0 Å². The zero-order valence-corrected chi connectivity index (χ0v) is 15.4. The van der Waals surface area contributed by atoms with Gasteiger partial charge in [0.1, 0.15) is 0 Å². The highest BCUT2D eigenvalue weighted by Gasteiger charge is 2.37. The lowest BCUT2D eigenvalue weighted by Gasteiger charge is -2.37. The molecule has 2 aromatic rings. The van der Waals surface area contributed by atoms with Crippen LogP contribution in [0.5, 0.6) is 0 Å². The average Bonchev–Trinajstić information content (AvgIpc) is 3.04. The number of benzene rings is 2. The number of allylic oxidation sites excluding steroid dienone is 2. The maximum absolute atomic E-state index is 3.80. The molecule has 3 heteroatoms. The molecule has 1 nitrogen and oxygen atoms in total. The Morgan fingerprint density at radius 2 is 1.95 bits per heavy atom. The van der Waals surface area contributed by atoms with Crippen LogP contribution in [-0.4, -0.2) is 6.26 Å². The van der Waals surface area contributed by atoms with Crippen LogP contribution in [0, 0.1) is 9.49 Å². The van der Waals surface area contributed by atoms with E-state index in [1.165, 1.54) is 25.3 Å². The van der Waals surface area contributed by atoms with Gasteiger partial charge in [-0.05, 0) is 82.6 Å². The Bertz CT molecular complexity index is 723. The molecule has 0 fully saturated rings. The summed E-state index contributed by atoms with van der Waals surface area (Å²) in [5.74, 6) is 1.18. The van der Waals surface area contributed by atoms with Crippen LogP contribution in [0.2, 0.25) is 0 Å². The fraction of sp³-hybridized carbons (Fsp3) is 0.263. The summed E-state index contributed by atoms with van der Waals surface area (Å²) in [6, 6.07) is 16.2. The van der Waals surface area contributed by atoms with Gasteiger partial charge in [-0.3, -0.25) is 0 Å². The summed E-state index contributed by atoms with van der Waals surface area (Å²) in [6.07, 6.45) is 8.05. The molecule has 1 N–H and O–H groups in total. The summed E-state index contributed by atoms with van der Waals surface area (Å²) in [7, 11) is 0. The van der Waals surface area contributed by atoms with Crippen molar-refractivity contribution in [2.45, 2.75) is 23.3 Å². The second-order valence-corrected chi connectivity index (χ2v) is 8.11. The number of halogens is 1. The van der Waals surface area contributed by atoms with Crippen LogP contribution in [0.1, 0.15) is 29.5 Å². The summed E-state index contributed by atoms with van der Waals surface area (Å²) in [5.41, 5.74) is 4.16. The van der Waals surface area contributed by atoms with E-state index in [2.05, 4.69) is 88.8 Å². The van der Waals surface area contributed by atoms with Crippen LogP contribution >= 0.6 is 34.4 Å². The summed E-state index contributed by atoms with van der Waals surface area (Å²) in [4.78, 5) is 1.33. The SMILES string of the molecule is CSc1ccc(C2Nc3ccc(I)cc3C3C=CCC32)cc1. The van der Waals surface area contributed by atoms with Gasteiger partial charge < -0.3 is 5.32 Å². The predicted octanol–water partition coefficient (Wildman–Crippen LogP) is 5.84. The van der Waals surface area contributed by atoms with Crippen LogP contribution in [0.15, 0.2) is 59.5 Å². The number of hydrogen-bond acceptors (Lipinski definition) is 2. The van der Waals surface area contributed by atoms with Crippen LogP contribution in [0.4, 0.5) is 5.69 Å². The van der Waals surface area contributed by atoms with Crippen LogP contribution in [-0.2, 0) is 0 Å². The molecule has 0 aromatic heterocycles. The zero-order valence-electron chi connectivity index (χ0n) is 12.4. The van der Waals surface area contributed by atoms with Crippen molar-refractivity contribution in [1.29, 1.82) is 0 Å². The standard InChI is InChI=1S/C19H18INS/c1-22-14-8-5-12(6-9-14)19-16-4-2-3-15(16)17-11-13(20)7-10-18(17)21-19/h2-3,5-11,15-16,19,21H,4H2,1H3. The van der Waals surface area contributed by atoms with Crippen molar-refractivity contribution in [2.75, 3.05) is 11.6 Å². The van der Waals surface area contributed by atoms with Crippen molar-refractivity contribution in [3.05, 3.63) is 69.3 Å². The summed E-state index contributed by atoms with van der Waals surface area (Å²) in [6.45, 7) is 0. The number of anilines is 1. The molecular weight excluding hydrogens is 401 g/mol. The molecule has 2 aromatic carbocycles. The van der Waals surface area contributed by atoms with Gasteiger partial charge in [-0.25, -0.2) is 0 Å². The lowest BCUT2D eigenvalue weighted by molar-refractivity contribution is 0.425. The molecule has 1 heterocycles. The predicted molar refractivity (Wildman–Crippen MR) is 104 cm³/mol. The largest absolute Gasteiger partial charge is 0.378 e. The normalized spacial score (nSPS) is 25.5. The Kier molecular flexibility index (Phi) is 3.95. The van der Waals surface area contributed by atoms with E-state index in [1.807, 2.05) is 0 Å². The highest BCUT2D eigenvalue weighted by molar-refractivity contribution is 14.1. The number of nitrogens with one attached hydrogen (secondary N) is 1. The van der Waals surface area contributed by atoms with E-state index < -0.39 is 0 Å². The van der Waals surface area contributed by atoms with Crippen molar-refractivity contribution in [3.8, 4) is 0 Å². The molecule has 4 rings (SSSR count). The monoisotopic (exact) mass is 419 g/mol. The molecular formula is C19H18INS. The van der Waals surface area contributed by atoms with Crippen molar-refractivity contribution in [1.82, 2.24) is 0 Å². The first-order valence-electron chi connectivity index (χ1n) is 7.63. The molecule has 0 spiro atoms. The van der Waals surface area contributed by atoms with Crippen LogP contribution < -0.4 is 5.32 Å². The molecule has 0 saturated carbocycles. The molecule has 22 heavy (non-hydrogen) atoms. The molecule has 3 unspecified atom stereocenters. The molecule has 112 valence electrons. The first kappa shape index (κ1) is 14.6. The molecule has 0 radical (unpaired) electrons. The third kappa shape index (κ3) is 2.48. The van der Waals surface area contributed by atoms with Crippen LogP contribution in [0.3, 0.4) is 0 Å². The Morgan fingerprint density at radius 3 is 2.73 bits per heavy atom. The minimum absolute atomic E-state index is 0.406. The van der Waals surface area contributed by atoms with Gasteiger partial charge in [0.25, 0.3) is 0 Å². The summed E-state index contributed by atoms with van der Waals surface area (Å²) in [5, 5.41) is 3.80. The zero-order chi connectivity index (χ0) is 15.1. The maximum atomic E-state index is 3.80. The van der Waals surface area contributed by atoms with Gasteiger partial charge in [-0.1, -0.05) is 24.3 Å². The molecule has 0 saturated heterocycles. The van der Waals surface area contributed by atoms with Crippen molar-refractivity contribution < 1.29 is 0 Å². The molecule has 0 bridgehead atoms. The highest BCUT2D eigenvalue weighted by Crippen LogP contribution is 2.50. The number of thioether (sulfide) groups is 1. The van der Waals surface area contributed by atoms with Gasteiger partial charge in [0.2, 0.25) is 0 Å². The fourth-order valence-corrected chi connectivity index (χ4v) is 4.63. The van der Waals surface area contributed by atoms with E-state index in [9.17, 15) is 0 Å². The third-order valence-corrected chi connectivity index (χ3v) is 6.21. The lowest BCUT2D eigenvalue weighted by atomic mass is 9.77. The van der Waals surface area contributed by atoms with E-state index >= 15 is 0 Å². The third-order valence-electron chi connectivity index (χ3n) is 4.80. The van der Waals surface area contributed by atoms with Crippen LogP contribution in [0.25, 0.3) is 0 Å². The molecule has 1 aliphatic carbocycles. The summed E-state index contributed by atoms with van der Waals surface area (Å²) >= 11 is 4.21. The minimum Gasteiger partial charge on any atom is -0.378 e. The molecule has 3 atom stereocenters. The molecule has 0 amide bonds. The summed E-state index contributed by atoms with van der Waals surface area (Å²) < 4.78 is 1.32. The second-order valence-electron chi connectivity index (χ2n) is 5.98. The lowest BCUT2D eigenvalue weighted by Crippen LogP contribution is -2.29. The topological polar surface area (TPSA) is 12.0 Å². The van der Waals surface area contributed by atoms with E-state index in [0.29, 0.717) is 17.9 Å². The Labute approximate surface area is 149 Å². The van der Waals surface area contributed by atoms with Crippen molar-refractivity contribution >= 4 is 40.0 Å². The average molecular weight is 419 g/mol. The maximum Gasteiger partial charge on any atom is 0.0553 e. The van der Waals surface area contributed by atoms with Gasteiger partial charge in [0.15, 0.2) is 0 Å². The first-order chi connectivity index (χ1) is 10.8. The van der Waals surface area contributed by atoms with Gasteiger partial charge in [-0.15, -0.1) is 11.8 Å². The Morgan fingerprint density at radius 1 is 1.14 bits per heavy atom. The van der Waals surface area contributed by atoms with Gasteiger partial charge in [-0.2, -0.15) is 0 Å². The number of rotatable bonds is 2. The minimum atomic E-state index is 0.406. The molecule has 1 aliphatic heterocycles. The van der Waals surface area contributed by atoms with E-state index in [0.717, 1.165) is 6.42 Å². The van der Waals surface area contributed by atoms with Gasteiger partial charge >= 0.3 is 0 Å². The smallest absolute Gasteiger partial charge is 0.0553 e.